The number of aliphatic imine (C=N–C) groups is 1. The average Bonchev–Trinajstić information content (AvgIpc) is 3.13. The Morgan fingerprint density at radius 2 is 1.95 bits per heavy atom. The van der Waals surface area contributed by atoms with Crippen LogP contribution in [0.2, 0.25) is 0 Å². The zero-order chi connectivity index (χ0) is 14.9. The molecule has 0 bridgehead atoms. The van der Waals surface area contributed by atoms with Crippen LogP contribution < -0.4 is 0 Å². The highest BCUT2D eigenvalue weighted by molar-refractivity contribution is 8.18. The van der Waals surface area contributed by atoms with Crippen LogP contribution in [0, 0.1) is 0 Å². The highest BCUT2D eigenvalue weighted by Crippen LogP contribution is 2.34. The predicted molar refractivity (Wildman–Crippen MR) is 95.3 cm³/mol. The van der Waals surface area contributed by atoms with E-state index in [-0.39, 0.29) is 5.91 Å². The second-order valence-electron chi connectivity index (χ2n) is 5.55. The van der Waals surface area contributed by atoms with Crippen molar-refractivity contribution in [3.05, 3.63) is 40.1 Å². The Morgan fingerprint density at radius 3 is 2.82 bits per heavy atom. The van der Waals surface area contributed by atoms with Gasteiger partial charge in [0.1, 0.15) is 0 Å². The van der Waals surface area contributed by atoms with Gasteiger partial charge in [0.05, 0.1) is 4.91 Å². The molecular formula is C17H16N2OS2. The third kappa shape index (κ3) is 2.59. The van der Waals surface area contributed by atoms with Gasteiger partial charge in [-0.3, -0.25) is 4.79 Å². The molecule has 1 aromatic carbocycles. The van der Waals surface area contributed by atoms with Crippen molar-refractivity contribution in [3.8, 4) is 0 Å². The van der Waals surface area contributed by atoms with Crippen LogP contribution in [0.15, 0.2) is 39.5 Å². The Bertz CT molecular complexity index is 785. The lowest BCUT2D eigenvalue weighted by Crippen LogP contribution is -2.33. The summed E-state index contributed by atoms with van der Waals surface area (Å²) in [5, 5.41) is 4.21. The minimum atomic E-state index is -0.0964. The van der Waals surface area contributed by atoms with Crippen molar-refractivity contribution in [1.82, 2.24) is 4.90 Å². The summed E-state index contributed by atoms with van der Waals surface area (Å²) in [7, 11) is 0. The first-order valence-electron chi connectivity index (χ1n) is 7.55. The van der Waals surface area contributed by atoms with Gasteiger partial charge < -0.3 is 4.90 Å². The van der Waals surface area contributed by atoms with Crippen LogP contribution in [-0.2, 0) is 4.79 Å². The molecule has 0 N–H and O–H groups in total. The second-order valence-corrected chi connectivity index (χ2v) is 7.47. The lowest BCUT2D eigenvalue weighted by atomic mass is 10.1. The molecular weight excluding hydrogens is 312 g/mol. The fourth-order valence-corrected chi connectivity index (χ4v) is 4.74. The number of likely N-dealkylation sites (tertiary alicyclic amines) is 1. The predicted octanol–water partition coefficient (Wildman–Crippen LogP) is 4.36. The number of amides is 1. The largest absolute Gasteiger partial charge is 0.351 e. The molecule has 0 aliphatic carbocycles. The summed E-state index contributed by atoms with van der Waals surface area (Å²) >= 11 is 3.24. The van der Waals surface area contributed by atoms with Gasteiger partial charge in [-0.2, -0.15) is 4.99 Å². The molecule has 3 nitrogen and oxygen atoms in total. The van der Waals surface area contributed by atoms with Crippen LogP contribution in [0.4, 0.5) is 0 Å². The van der Waals surface area contributed by atoms with Crippen molar-refractivity contribution < 1.29 is 4.79 Å². The van der Waals surface area contributed by atoms with Gasteiger partial charge in [-0.1, -0.05) is 18.2 Å². The van der Waals surface area contributed by atoms with Gasteiger partial charge in [-0.25, -0.2) is 0 Å². The standard InChI is InChI=1S/C17H16N2OS2/c20-16-15(22-17(18-16)19-8-4-1-5-9-19)10-12-11-21-14-7-3-2-6-13(12)14/h2-3,6-7,10-11H,1,4-5,8-9H2/b15-10-. The molecule has 2 aromatic rings. The Kier molecular flexibility index (Phi) is 3.76. The second kappa shape index (κ2) is 5.89. The van der Waals surface area contributed by atoms with Crippen molar-refractivity contribution in [2.75, 3.05) is 13.1 Å². The first kappa shape index (κ1) is 14.0. The highest BCUT2D eigenvalue weighted by Gasteiger charge is 2.27. The number of thiophene rings is 1. The van der Waals surface area contributed by atoms with E-state index >= 15 is 0 Å². The minimum Gasteiger partial charge on any atom is -0.351 e. The third-order valence-electron chi connectivity index (χ3n) is 4.03. The van der Waals surface area contributed by atoms with Gasteiger partial charge in [-0.05, 0) is 59.5 Å². The van der Waals surface area contributed by atoms with E-state index in [1.807, 2.05) is 18.2 Å². The van der Waals surface area contributed by atoms with Crippen molar-refractivity contribution in [2.45, 2.75) is 19.3 Å². The fourth-order valence-electron chi connectivity index (χ4n) is 2.87. The van der Waals surface area contributed by atoms with Crippen LogP contribution in [0.5, 0.6) is 0 Å². The molecule has 2 aliphatic rings. The van der Waals surface area contributed by atoms with Crippen LogP contribution in [0.1, 0.15) is 24.8 Å². The first-order valence-corrected chi connectivity index (χ1v) is 9.24. The maximum absolute atomic E-state index is 12.2. The quantitative estimate of drug-likeness (QED) is 0.729. The van der Waals surface area contributed by atoms with Crippen molar-refractivity contribution in [2.24, 2.45) is 4.99 Å². The minimum absolute atomic E-state index is 0.0964. The lowest BCUT2D eigenvalue weighted by Gasteiger charge is -2.27. The van der Waals surface area contributed by atoms with Gasteiger partial charge in [0.2, 0.25) is 0 Å². The molecule has 0 radical (unpaired) electrons. The number of amidine groups is 1. The number of rotatable bonds is 1. The van der Waals surface area contributed by atoms with Gasteiger partial charge in [-0.15, -0.1) is 11.3 Å². The maximum atomic E-state index is 12.2. The number of hydrogen-bond acceptors (Lipinski definition) is 4. The number of benzene rings is 1. The Balaban J connectivity index is 1.60. The van der Waals surface area contributed by atoms with E-state index in [9.17, 15) is 4.79 Å². The summed E-state index contributed by atoms with van der Waals surface area (Å²) in [4.78, 5) is 19.4. The molecule has 1 aromatic heterocycles. The monoisotopic (exact) mass is 328 g/mol. The topological polar surface area (TPSA) is 32.7 Å². The zero-order valence-corrected chi connectivity index (χ0v) is 13.8. The molecule has 1 amide bonds. The summed E-state index contributed by atoms with van der Waals surface area (Å²) in [6.45, 7) is 2.04. The van der Waals surface area contributed by atoms with Crippen LogP contribution in [0.25, 0.3) is 16.2 Å². The van der Waals surface area contributed by atoms with E-state index in [1.165, 1.54) is 41.1 Å². The van der Waals surface area contributed by atoms with E-state index < -0.39 is 0 Å². The molecule has 0 spiro atoms. The smallest absolute Gasteiger partial charge is 0.286 e. The van der Waals surface area contributed by atoms with Gasteiger partial charge in [0.15, 0.2) is 5.17 Å². The normalized spacial score (nSPS) is 20.9. The fraction of sp³-hybridized carbons (Fsp3) is 0.294. The van der Waals surface area contributed by atoms with Crippen LogP contribution in [-0.4, -0.2) is 29.1 Å². The number of nitrogens with zero attached hydrogens (tertiary/aromatic N) is 2. The van der Waals surface area contributed by atoms with Gasteiger partial charge in [0.25, 0.3) is 5.91 Å². The van der Waals surface area contributed by atoms with Crippen molar-refractivity contribution in [1.29, 1.82) is 0 Å². The molecule has 1 fully saturated rings. The van der Waals surface area contributed by atoms with E-state index in [2.05, 4.69) is 27.4 Å². The third-order valence-corrected chi connectivity index (χ3v) is 6.06. The van der Waals surface area contributed by atoms with E-state index in [0.29, 0.717) is 0 Å². The SMILES string of the molecule is O=C1N=C(N2CCCCC2)S/C1=C\c1csc2ccccc12. The maximum Gasteiger partial charge on any atom is 0.286 e. The van der Waals surface area contributed by atoms with E-state index in [4.69, 9.17) is 0 Å². The highest BCUT2D eigenvalue weighted by atomic mass is 32.2. The Labute approximate surface area is 137 Å². The molecule has 4 rings (SSSR count). The summed E-state index contributed by atoms with van der Waals surface area (Å²) < 4.78 is 1.25. The number of fused-ring (bicyclic) bond motifs is 1. The number of hydrogen-bond donors (Lipinski definition) is 0. The van der Waals surface area contributed by atoms with E-state index in [0.717, 1.165) is 28.7 Å². The number of piperidine rings is 1. The van der Waals surface area contributed by atoms with E-state index in [1.54, 1.807) is 11.3 Å². The summed E-state index contributed by atoms with van der Waals surface area (Å²) in [5.74, 6) is -0.0964. The zero-order valence-electron chi connectivity index (χ0n) is 12.1. The molecule has 1 saturated heterocycles. The average molecular weight is 328 g/mol. The first-order chi connectivity index (χ1) is 10.8. The lowest BCUT2D eigenvalue weighted by molar-refractivity contribution is -0.113. The molecule has 5 heteroatoms. The number of carbonyl (C=O) groups is 1. The van der Waals surface area contributed by atoms with Gasteiger partial charge in [0, 0.05) is 17.8 Å². The summed E-state index contributed by atoms with van der Waals surface area (Å²) in [5.41, 5.74) is 1.12. The Morgan fingerprint density at radius 1 is 1.14 bits per heavy atom. The molecule has 22 heavy (non-hydrogen) atoms. The summed E-state index contributed by atoms with van der Waals surface area (Å²) in [6, 6.07) is 8.30. The molecule has 2 aliphatic heterocycles. The number of thioether (sulfide) groups is 1. The number of carbonyl (C=O) groups excluding carboxylic acids is 1. The molecule has 112 valence electrons. The van der Waals surface area contributed by atoms with Crippen LogP contribution >= 0.6 is 23.1 Å². The van der Waals surface area contributed by atoms with Crippen LogP contribution in [0.3, 0.4) is 0 Å². The Hall–Kier alpha value is -1.59. The molecule has 3 heterocycles. The summed E-state index contributed by atoms with van der Waals surface area (Å²) in [6.07, 6.45) is 5.67. The molecule has 0 unspecified atom stereocenters. The van der Waals surface area contributed by atoms with Crippen molar-refractivity contribution in [3.63, 3.8) is 0 Å². The molecule has 0 atom stereocenters. The molecule has 0 saturated carbocycles. The van der Waals surface area contributed by atoms with Gasteiger partial charge >= 0.3 is 0 Å². The van der Waals surface area contributed by atoms with Crippen molar-refractivity contribution >= 4 is 50.3 Å².